The predicted octanol–water partition coefficient (Wildman–Crippen LogP) is 1.54. The first-order chi connectivity index (χ1) is 8.82. The number of carbonyl (C=O) groups excluding carboxylic acids is 2. The molecule has 1 aliphatic rings. The van der Waals surface area contributed by atoms with E-state index >= 15 is 0 Å². The SMILES string of the molecule is Cc1cc(N2C(=O)C(CC(C)C)N(C)C2=O)n(C)n1. The number of nitrogens with zero attached hydrogens (tertiary/aromatic N) is 4. The topological polar surface area (TPSA) is 58.4 Å². The van der Waals surface area contributed by atoms with Crippen LogP contribution in [-0.2, 0) is 11.8 Å². The molecule has 0 spiro atoms. The Hall–Kier alpha value is -1.85. The average molecular weight is 264 g/mol. The first kappa shape index (κ1) is 13.6. The van der Waals surface area contributed by atoms with Crippen molar-refractivity contribution in [3.8, 4) is 0 Å². The van der Waals surface area contributed by atoms with E-state index < -0.39 is 0 Å². The summed E-state index contributed by atoms with van der Waals surface area (Å²) >= 11 is 0. The number of aromatic nitrogens is 2. The molecule has 0 aliphatic carbocycles. The Morgan fingerprint density at radius 1 is 1.32 bits per heavy atom. The Morgan fingerprint density at radius 2 is 1.95 bits per heavy atom. The number of imide groups is 1. The number of hydrogen-bond acceptors (Lipinski definition) is 3. The molecule has 0 N–H and O–H groups in total. The summed E-state index contributed by atoms with van der Waals surface area (Å²) in [6.45, 7) is 5.93. The number of urea groups is 1. The summed E-state index contributed by atoms with van der Waals surface area (Å²) in [4.78, 5) is 27.5. The minimum Gasteiger partial charge on any atom is -0.315 e. The summed E-state index contributed by atoms with van der Waals surface area (Å²) in [5.74, 6) is 0.729. The molecule has 1 aliphatic heterocycles. The maximum atomic E-state index is 12.4. The first-order valence-electron chi connectivity index (χ1n) is 6.44. The molecule has 1 atom stereocenters. The third-order valence-corrected chi connectivity index (χ3v) is 3.37. The van der Waals surface area contributed by atoms with E-state index in [0.29, 0.717) is 18.2 Å². The van der Waals surface area contributed by atoms with E-state index in [-0.39, 0.29) is 18.0 Å². The molecule has 6 heteroatoms. The highest BCUT2D eigenvalue weighted by molar-refractivity contribution is 6.20. The van der Waals surface area contributed by atoms with Crippen molar-refractivity contribution >= 4 is 17.8 Å². The number of carbonyl (C=O) groups is 2. The molecule has 3 amide bonds. The molecule has 1 aromatic rings. The van der Waals surface area contributed by atoms with E-state index in [0.717, 1.165) is 5.69 Å². The van der Waals surface area contributed by atoms with E-state index in [1.807, 2.05) is 20.8 Å². The normalized spacial score (nSPS) is 20.0. The van der Waals surface area contributed by atoms with Crippen LogP contribution < -0.4 is 4.90 Å². The minimum absolute atomic E-state index is 0.163. The lowest BCUT2D eigenvalue weighted by Crippen LogP contribution is -2.33. The van der Waals surface area contributed by atoms with Crippen LogP contribution in [0.1, 0.15) is 26.0 Å². The number of rotatable bonds is 3. The van der Waals surface area contributed by atoms with E-state index in [1.54, 1.807) is 24.8 Å². The largest absolute Gasteiger partial charge is 0.333 e. The van der Waals surface area contributed by atoms with Crippen molar-refractivity contribution in [2.24, 2.45) is 13.0 Å². The second kappa shape index (κ2) is 4.68. The minimum atomic E-state index is -0.372. The summed E-state index contributed by atoms with van der Waals surface area (Å²) in [5.41, 5.74) is 0.785. The molecular weight excluding hydrogens is 244 g/mol. The van der Waals surface area contributed by atoms with Gasteiger partial charge in [-0.05, 0) is 19.3 Å². The number of anilines is 1. The van der Waals surface area contributed by atoms with Crippen LogP contribution in [0.2, 0.25) is 0 Å². The van der Waals surface area contributed by atoms with Crippen LogP contribution in [0, 0.1) is 12.8 Å². The Labute approximate surface area is 113 Å². The smallest absolute Gasteiger partial charge is 0.315 e. The molecule has 1 unspecified atom stereocenters. The fraction of sp³-hybridized carbons (Fsp3) is 0.615. The van der Waals surface area contributed by atoms with Crippen molar-refractivity contribution in [2.45, 2.75) is 33.2 Å². The molecule has 1 aromatic heterocycles. The van der Waals surface area contributed by atoms with Gasteiger partial charge in [0.1, 0.15) is 11.9 Å². The molecule has 6 nitrogen and oxygen atoms in total. The number of amides is 3. The fourth-order valence-electron chi connectivity index (χ4n) is 2.42. The van der Waals surface area contributed by atoms with Crippen LogP contribution in [0.25, 0.3) is 0 Å². The lowest BCUT2D eigenvalue weighted by molar-refractivity contribution is -0.120. The number of aryl methyl sites for hydroxylation is 2. The van der Waals surface area contributed by atoms with Crippen LogP contribution in [0.15, 0.2) is 6.07 Å². The Bertz CT molecular complexity index is 521. The lowest BCUT2D eigenvalue weighted by atomic mass is 10.0. The molecule has 1 saturated heterocycles. The van der Waals surface area contributed by atoms with Gasteiger partial charge in [-0.1, -0.05) is 13.8 Å². The van der Waals surface area contributed by atoms with Crippen LogP contribution in [0.3, 0.4) is 0 Å². The van der Waals surface area contributed by atoms with Gasteiger partial charge in [-0.25, -0.2) is 9.69 Å². The van der Waals surface area contributed by atoms with Crippen molar-refractivity contribution in [3.63, 3.8) is 0 Å². The highest BCUT2D eigenvalue weighted by Gasteiger charge is 2.45. The second-order valence-corrected chi connectivity index (χ2v) is 5.48. The van der Waals surface area contributed by atoms with Gasteiger partial charge in [-0.2, -0.15) is 5.10 Å². The van der Waals surface area contributed by atoms with Gasteiger partial charge in [0, 0.05) is 20.2 Å². The van der Waals surface area contributed by atoms with E-state index in [4.69, 9.17) is 0 Å². The van der Waals surface area contributed by atoms with Gasteiger partial charge in [0.15, 0.2) is 0 Å². The molecule has 0 saturated carbocycles. The van der Waals surface area contributed by atoms with Crippen LogP contribution in [0.5, 0.6) is 0 Å². The Balaban J connectivity index is 2.35. The number of likely N-dealkylation sites (N-methyl/N-ethyl adjacent to an activating group) is 1. The molecule has 0 bridgehead atoms. The van der Waals surface area contributed by atoms with Crippen molar-refractivity contribution < 1.29 is 9.59 Å². The third kappa shape index (κ3) is 2.22. The summed E-state index contributed by atoms with van der Waals surface area (Å²) in [5, 5.41) is 4.19. The molecule has 19 heavy (non-hydrogen) atoms. The maximum Gasteiger partial charge on any atom is 0.333 e. The van der Waals surface area contributed by atoms with Crippen LogP contribution in [0.4, 0.5) is 10.6 Å². The van der Waals surface area contributed by atoms with Crippen molar-refractivity contribution in [2.75, 3.05) is 11.9 Å². The zero-order valence-corrected chi connectivity index (χ0v) is 12.0. The third-order valence-electron chi connectivity index (χ3n) is 3.37. The quantitative estimate of drug-likeness (QED) is 0.778. The molecule has 2 heterocycles. The van der Waals surface area contributed by atoms with Gasteiger partial charge in [0.05, 0.1) is 5.69 Å². The Morgan fingerprint density at radius 3 is 2.42 bits per heavy atom. The van der Waals surface area contributed by atoms with Crippen molar-refractivity contribution in [1.82, 2.24) is 14.7 Å². The highest BCUT2D eigenvalue weighted by atomic mass is 16.2. The highest BCUT2D eigenvalue weighted by Crippen LogP contribution is 2.27. The number of hydrogen-bond donors (Lipinski definition) is 0. The fourth-order valence-corrected chi connectivity index (χ4v) is 2.42. The summed E-state index contributed by atoms with van der Waals surface area (Å²) < 4.78 is 1.57. The van der Waals surface area contributed by atoms with Gasteiger partial charge in [-0.3, -0.25) is 9.48 Å². The zero-order chi connectivity index (χ0) is 14.3. The predicted molar refractivity (Wildman–Crippen MR) is 71.8 cm³/mol. The summed E-state index contributed by atoms with van der Waals surface area (Å²) in [7, 11) is 3.41. The lowest BCUT2D eigenvalue weighted by Gasteiger charge is -2.17. The summed E-state index contributed by atoms with van der Waals surface area (Å²) in [6, 6.07) is 1.10. The van der Waals surface area contributed by atoms with Gasteiger partial charge in [-0.15, -0.1) is 0 Å². The van der Waals surface area contributed by atoms with Gasteiger partial charge < -0.3 is 4.90 Å². The second-order valence-electron chi connectivity index (χ2n) is 5.48. The van der Waals surface area contributed by atoms with Gasteiger partial charge >= 0.3 is 6.03 Å². The van der Waals surface area contributed by atoms with Crippen molar-refractivity contribution in [1.29, 1.82) is 0 Å². The van der Waals surface area contributed by atoms with E-state index in [1.165, 1.54) is 9.80 Å². The monoisotopic (exact) mass is 264 g/mol. The Kier molecular flexibility index (Phi) is 3.34. The maximum absolute atomic E-state index is 12.4. The van der Waals surface area contributed by atoms with Crippen LogP contribution in [-0.4, -0.2) is 39.7 Å². The van der Waals surface area contributed by atoms with Crippen molar-refractivity contribution in [3.05, 3.63) is 11.8 Å². The molecule has 1 fully saturated rings. The van der Waals surface area contributed by atoms with Gasteiger partial charge in [0.2, 0.25) is 0 Å². The average Bonchev–Trinajstić information content (AvgIpc) is 2.72. The standard InChI is InChI=1S/C13H20N4O2/c1-8(2)6-10-12(18)17(13(19)15(10)4)11-7-9(3)14-16(11)5/h7-8,10H,6H2,1-5H3. The van der Waals surface area contributed by atoms with E-state index in [9.17, 15) is 9.59 Å². The molecular formula is C13H20N4O2. The van der Waals surface area contributed by atoms with Gasteiger partial charge in [0.25, 0.3) is 5.91 Å². The molecule has 104 valence electrons. The first-order valence-corrected chi connectivity index (χ1v) is 6.44. The van der Waals surface area contributed by atoms with E-state index in [2.05, 4.69) is 5.10 Å². The zero-order valence-electron chi connectivity index (χ0n) is 12.0. The summed E-state index contributed by atoms with van der Waals surface area (Å²) in [6.07, 6.45) is 0.675. The van der Waals surface area contributed by atoms with Crippen LogP contribution >= 0.6 is 0 Å². The molecule has 2 rings (SSSR count). The molecule has 0 radical (unpaired) electrons. The molecule has 0 aromatic carbocycles.